The predicted octanol–water partition coefficient (Wildman–Crippen LogP) is 1.59. The molecule has 8 heteroatoms. The van der Waals surface area contributed by atoms with Crippen LogP contribution >= 0.6 is 0 Å². The Kier molecular flexibility index (Phi) is 7.20. The monoisotopic (exact) mass is 473 g/mol. The number of hydrogen-bond donors (Lipinski definition) is 1. The van der Waals surface area contributed by atoms with Gasteiger partial charge < -0.3 is 24.5 Å². The summed E-state index contributed by atoms with van der Waals surface area (Å²) in [6.07, 6.45) is 10.5. The van der Waals surface area contributed by atoms with E-state index < -0.39 is 35.6 Å². The average Bonchev–Trinajstić information content (AvgIpc) is 3.13. The Bertz CT molecular complexity index is 870. The lowest BCUT2D eigenvalue weighted by Crippen LogP contribution is -2.58. The molecular formula is C26H39N3O5. The molecule has 2 fully saturated rings. The summed E-state index contributed by atoms with van der Waals surface area (Å²) in [7, 11) is 1.73. The number of unbranched alkanes of at least 4 members (excludes halogenated alkanes) is 2. The maximum atomic E-state index is 14.1. The number of aliphatic hydroxyl groups excluding tert-OH is 1. The normalized spacial score (nSPS) is 33.8. The first kappa shape index (κ1) is 24.9. The fourth-order valence-electron chi connectivity index (χ4n) is 6.22. The van der Waals surface area contributed by atoms with Gasteiger partial charge in [0, 0.05) is 26.7 Å². The number of likely N-dealkylation sites (tertiary alicyclic amines) is 1. The highest BCUT2D eigenvalue weighted by Crippen LogP contribution is 2.54. The molecule has 4 aliphatic heterocycles. The summed E-state index contributed by atoms with van der Waals surface area (Å²) >= 11 is 0. The Hall–Kier alpha value is -2.19. The quantitative estimate of drug-likeness (QED) is 0.427. The zero-order valence-electron chi connectivity index (χ0n) is 20.9. The molecule has 34 heavy (non-hydrogen) atoms. The summed E-state index contributed by atoms with van der Waals surface area (Å²) in [4.78, 5) is 46.5. The molecule has 0 aliphatic carbocycles. The van der Waals surface area contributed by atoms with E-state index >= 15 is 0 Å². The fraction of sp³-hybridized carbons (Fsp3) is 0.731. The number of carbonyl (C=O) groups excluding carboxylic acids is 3. The van der Waals surface area contributed by atoms with Crippen molar-refractivity contribution in [2.45, 2.75) is 70.2 Å². The number of ether oxygens (including phenoxy) is 1. The van der Waals surface area contributed by atoms with Crippen molar-refractivity contribution in [3.63, 3.8) is 0 Å². The van der Waals surface area contributed by atoms with Crippen LogP contribution in [-0.4, -0.2) is 94.6 Å². The van der Waals surface area contributed by atoms with E-state index in [1.54, 1.807) is 21.7 Å². The summed E-state index contributed by atoms with van der Waals surface area (Å²) < 4.78 is 6.59. The molecule has 188 valence electrons. The van der Waals surface area contributed by atoms with Gasteiger partial charge in [0.2, 0.25) is 17.7 Å². The third-order valence-electron chi connectivity index (χ3n) is 7.76. The third kappa shape index (κ3) is 3.98. The van der Waals surface area contributed by atoms with Crippen LogP contribution in [0.4, 0.5) is 0 Å². The third-order valence-corrected chi connectivity index (χ3v) is 7.76. The van der Waals surface area contributed by atoms with Gasteiger partial charge in [-0.1, -0.05) is 57.9 Å². The van der Waals surface area contributed by atoms with Gasteiger partial charge in [-0.2, -0.15) is 0 Å². The molecule has 2 saturated heterocycles. The molecule has 1 unspecified atom stereocenters. The van der Waals surface area contributed by atoms with Crippen molar-refractivity contribution in [1.29, 1.82) is 0 Å². The van der Waals surface area contributed by atoms with Crippen LogP contribution < -0.4 is 0 Å². The standard InChI is InChI=1S/C26H39N3O5/c1-5-6-7-13-28-14-9-11-26-21(20-19(34-26)10-8-12-27(4)23(20)31)24(32)29(22(26)25(28)33)18(16-30)15-17(2)3/h8-11,17-22,30H,5-7,12-16H2,1-4H3/t18-,19+,20-,21+,22?,26+/m1/s1. The van der Waals surface area contributed by atoms with Crippen LogP contribution in [0.3, 0.4) is 0 Å². The van der Waals surface area contributed by atoms with Gasteiger partial charge in [-0.05, 0) is 18.8 Å². The molecule has 8 nitrogen and oxygen atoms in total. The second-order valence-electron chi connectivity index (χ2n) is 10.6. The van der Waals surface area contributed by atoms with Gasteiger partial charge in [-0.3, -0.25) is 14.4 Å². The van der Waals surface area contributed by atoms with Gasteiger partial charge in [-0.15, -0.1) is 0 Å². The average molecular weight is 474 g/mol. The fourth-order valence-corrected chi connectivity index (χ4v) is 6.22. The summed E-state index contributed by atoms with van der Waals surface area (Å²) in [5.41, 5.74) is -1.22. The largest absolute Gasteiger partial charge is 0.394 e. The van der Waals surface area contributed by atoms with Crippen molar-refractivity contribution >= 4 is 17.7 Å². The highest BCUT2D eigenvalue weighted by atomic mass is 16.5. The number of aliphatic hydroxyl groups is 1. The van der Waals surface area contributed by atoms with Crippen LogP contribution in [0.1, 0.15) is 46.5 Å². The number of hydrogen-bond acceptors (Lipinski definition) is 5. The number of likely N-dealkylation sites (N-methyl/N-ethyl adjacent to an activating group) is 1. The molecule has 0 saturated carbocycles. The summed E-state index contributed by atoms with van der Waals surface area (Å²) in [5, 5.41) is 10.3. The van der Waals surface area contributed by atoms with E-state index in [4.69, 9.17) is 4.74 Å². The first-order chi connectivity index (χ1) is 16.3. The number of rotatable bonds is 8. The smallest absolute Gasteiger partial charge is 0.249 e. The van der Waals surface area contributed by atoms with Crippen molar-refractivity contribution in [2.24, 2.45) is 17.8 Å². The Balaban J connectivity index is 1.80. The van der Waals surface area contributed by atoms with Gasteiger partial charge in [-0.25, -0.2) is 0 Å². The Morgan fingerprint density at radius 2 is 1.88 bits per heavy atom. The summed E-state index contributed by atoms with van der Waals surface area (Å²) in [6.45, 7) is 7.47. The zero-order valence-corrected chi connectivity index (χ0v) is 20.9. The minimum atomic E-state index is -1.22. The topological polar surface area (TPSA) is 90.4 Å². The van der Waals surface area contributed by atoms with E-state index in [-0.39, 0.29) is 30.2 Å². The second-order valence-corrected chi connectivity index (χ2v) is 10.6. The Labute approximate surface area is 202 Å². The summed E-state index contributed by atoms with van der Waals surface area (Å²) in [5.74, 6) is -1.81. The van der Waals surface area contributed by atoms with Crippen molar-refractivity contribution in [3.05, 3.63) is 24.3 Å². The van der Waals surface area contributed by atoms with E-state index in [1.165, 1.54) is 0 Å². The van der Waals surface area contributed by atoms with Crippen LogP contribution in [0.25, 0.3) is 0 Å². The molecule has 0 bridgehead atoms. The van der Waals surface area contributed by atoms with E-state index in [0.29, 0.717) is 26.1 Å². The molecule has 0 aromatic carbocycles. The molecule has 0 radical (unpaired) electrons. The highest BCUT2D eigenvalue weighted by Gasteiger charge is 2.72. The van der Waals surface area contributed by atoms with Crippen LogP contribution in [0.15, 0.2) is 24.3 Å². The molecule has 6 atom stereocenters. The van der Waals surface area contributed by atoms with Crippen molar-refractivity contribution in [3.8, 4) is 0 Å². The van der Waals surface area contributed by atoms with Crippen LogP contribution in [-0.2, 0) is 19.1 Å². The Morgan fingerprint density at radius 1 is 1.12 bits per heavy atom. The molecule has 4 rings (SSSR count). The van der Waals surface area contributed by atoms with E-state index in [9.17, 15) is 19.5 Å². The molecule has 1 N–H and O–H groups in total. The van der Waals surface area contributed by atoms with E-state index in [1.807, 2.05) is 38.2 Å². The van der Waals surface area contributed by atoms with E-state index in [2.05, 4.69) is 6.92 Å². The van der Waals surface area contributed by atoms with Crippen LogP contribution in [0, 0.1) is 17.8 Å². The highest BCUT2D eigenvalue weighted by molar-refractivity contribution is 6.00. The SMILES string of the molecule is CCCCCN1CC=C[C@]23O[C@H]4C=CCN(C)C(=O)[C@H]4[C@H]2C(=O)N([C@@H](CO)CC(C)C)C3C1=O. The number of amides is 3. The van der Waals surface area contributed by atoms with Crippen molar-refractivity contribution in [2.75, 3.05) is 33.3 Å². The number of nitrogens with zero attached hydrogens (tertiary/aromatic N) is 3. The van der Waals surface area contributed by atoms with Gasteiger partial charge in [0.1, 0.15) is 11.6 Å². The van der Waals surface area contributed by atoms with Gasteiger partial charge in [0.05, 0.1) is 30.6 Å². The van der Waals surface area contributed by atoms with Crippen molar-refractivity contribution < 1.29 is 24.2 Å². The molecule has 0 aromatic rings. The van der Waals surface area contributed by atoms with Gasteiger partial charge >= 0.3 is 0 Å². The summed E-state index contributed by atoms with van der Waals surface area (Å²) in [6, 6.07) is -1.40. The molecule has 0 aromatic heterocycles. The molecule has 4 aliphatic rings. The lowest BCUT2D eigenvalue weighted by molar-refractivity contribution is -0.151. The minimum Gasteiger partial charge on any atom is -0.394 e. The van der Waals surface area contributed by atoms with Gasteiger partial charge in [0.25, 0.3) is 0 Å². The number of carbonyl (C=O) groups is 3. The van der Waals surface area contributed by atoms with Crippen LogP contribution in [0.2, 0.25) is 0 Å². The lowest BCUT2D eigenvalue weighted by atomic mass is 9.77. The zero-order chi connectivity index (χ0) is 24.6. The minimum absolute atomic E-state index is 0.139. The molecule has 4 heterocycles. The molecule has 3 amide bonds. The second kappa shape index (κ2) is 9.82. The number of fused-ring (bicyclic) bond motifs is 2. The first-order valence-electron chi connectivity index (χ1n) is 12.8. The first-order valence-corrected chi connectivity index (χ1v) is 12.8. The van der Waals surface area contributed by atoms with E-state index in [0.717, 1.165) is 19.3 Å². The molecular weight excluding hydrogens is 434 g/mol. The Morgan fingerprint density at radius 3 is 2.56 bits per heavy atom. The lowest BCUT2D eigenvalue weighted by Gasteiger charge is -2.39. The van der Waals surface area contributed by atoms with Crippen LogP contribution in [0.5, 0.6) is 0 Å². The maximum absolute atomic E-state index is 14.1. The van der Waals surface area contributed by atoms with Crippen molar-refractivity contribution in [1.82, 2.24) is 14.7 Å². The predicted molar refractivity (Wildman–Crippen MR) is 128 cm³/mol. The van der Waals surface area contributed by atoms with Gasteiger partial charge in [0.15, 0.2) is 0 Å². The maximum Gasteiger partial charge on any atom is 0.249 e. The molecule has 1 spiro atoms.